The zero-order chi connectivity index (χ0) is 11.4. The van der Waals surface area contributed by atoms with Gasteiger partial charge in [0.15, 0.2) is 0 Å². The van der Waals surface area contributed by atoms with Crippen LogP contribution >= 0.6 is 0 Å². The molecule has 3 nitrogen and oxygen atoms in total. The Morgan fingerprint density at radius 3 is 2.62 bits per heavy atom. The van der Waals surface area contributed by atoms with E-state index in [1.165, 1.54) is 18.4 Å². The number of rotatable bonds is 6. The van der Waals surface area contributed by atoms with Crippen molar-refractivity contribution in [3.05, 3.63) is 30.1 Å². The molecule has 0 spiro atoms. The van der Waals surface area contributed by atoms with Crippen LogP contribution < -0.4 is 0 Å². The zero-order valence-electron chi connectivity index (χ0n) is 9.89. The van der Waals surface area contributed by atoms with Crippen molar-refractivity contribution in [3.63, 3.8) is 0 Å². The predicted molar refractivity (Wildman–Crippen MR) is 64.2 cm³/mol. The summed E-state index contributed by atoms with van der Waals surface area (Å²) in [6.07, 6.45) is 7.10. The second-order valence-electron chi connectivity index (χ2n) is 5.00. The maximum atomic E-state index is 9.26. The van der Waals surface area contributed by atoms with Gasteiger partial charge in [0.1, 0.15) is 0 Å². The standard InChI is InChI=1S/C13H20N2O/c1-15(10-13(11-16)5-6-13)9-4-12-2-7-14-8-3-12/h2-3,7-8,16H,4-6,9-11H2,1H3. The van der Waals surface area contributed by atoms with Gasteiger partial charge in [0.05, 0.1) is 0 Å². The Balaban J connectivity index is 1.74. The highest BCUT2D eigenvalue weighted by Crippen LogP contribution is 2.45. The number of aromatic nitrogens is 1. The molecule has 1 aromatic rings. The van der Waals surface area contributed by atoms with Gasteiger partial charge in [0, 0.05) is 37.5 Å². The normalized spacial score (nSPS) is 17.7. The molecular weight excluding hydrogens is 200 g/mol. The molecule has 16 heavy (non-hydrogen) atoms. The van der Waals surface area contributed by atoms with Crippen LogP contribution in [0.25, 0.3) is 0 Å². The molecule has 2 rings (SSSR count). The van der Waals surface area contributed by atoms with Crippen LogP contribution in [0.1, 0.15) is 18.4 Å². The Bertz CT molecular complexity index is 322. The summed E-state index contributed by atoms with van der Waals surface area (Å²) in [5, 5.41) is 9.26. The third kappa shape index (κ3) is 3.03. The SMILES string of the molecule is CN(CCc1ccncc1)CC1(CO)CC1. The summed E-state index contributed by atoms with van der Waals surface area (Å²) < 4.78 is 0. The van der Waals surface area contributed by atoms with Gasteiger partial charge in [-0.3, -0.25) is 4.98 Å². The van der Waals surface area contributed by atoms with Gasteiger partial charge >= 0.3 is 0 Å². The Kier molecular flexibility index (Phi) is 3.56. The van der Waals surface area contributed by atoms with Crippen LogP contribution in [0, 0.1) is 5.41 Å². The van der Waals surface area contributed by atoms with E-state index >= 15 is 0 Å². The molecule has 0 aliphatic heterocycles. The molecule has 0 radical (unpaired) electrons. The van der Waals surface area contributed by atoms with Crippen molar-refractivity contribution in [3.8, 4) is 0 Å². The fraction of sp³-hybridized carbons (Fsp3) is 0.615. The third-order valence-electron chi connectivity index (χ3n) is 3.43. The molecule has 3 heteroatoms. The number of pyridine rings is 1. The molecule has 1 saturated carbocycles. The molecule has 1 aliphatic rings. The van der Waals surface area contributed by atoms with Crippen LogP contribution in [0.3, 0.4) is 0 Å². The van der Waals surface area contributed by atoms with Crippen molar-refractivity contribution in [2.75, 3.05) is 26.7 Å². The molecule has 1 heterocycles. The van der Waals surface area contributed by atoms with Gasteiger partial charge in [-0.25, -0.2) is 0 Å². The van der Waals surface area contributed by atoms with Crippen LogP contribution in [0.15, 0.2) is 24.5 Å². The van der Waals surface area contributed by atoms with E-state index in [9.17, 15) is 5.11 Å². The minimum atomic E-state index is 0.229. The van der Waals surface area contributed by atoms with Gasteiger partial charge in [-0.05, 0) is 44.0 Å². The molecule has 0 unspecified atom stereocenters. The predicted octanol–water partition coefficient (Wildman–Crippen LogP) is 1.33. The summed E-state index contributed by atoms with van der Waals surface area (Å²) in [4.78, 5) is 6.33. The summed E-state index contributed by atoms with van der Waals surface area (Å²) in [6.45, 7) is 2.41. The highest BCUT2D eigenvalue weighted by atomic mass is 16.3. The van der Waals surface area contributed by atoms with Crippen LogP contribution in [0.5, 0.6) is 0 Å². The molecule has 0 aromatic carbocycles. The van der Waals surface area contributed by atoms with Gasteiger partial charge in [0.2, 0.25) is 0 Å². The van der Waals surface area contributed by atoms with Crippen LogP contribution in [-0.4, -0.2) is 41.7 Å². The lowest BCUT2D eigenvalue weighted by atomic mass is 10.1. The lowest BCUT2D eigenvalue weighted by Crippen LogP contribution is -2.30. The molecule has 1 aromatic heterocycles. The topological polar surface area (TPSA) is 36.4 Å². The van der Waals surface area contributed by atoms with Crippen molar-refractivity contribution in [2.45, 2.75) is 19.3 Å². The maximum Gasteiger partial charge on any atom is 0.0499 e. The largest absolute Gasteiger partial charge is 0.396 e. The fourth-order valence-corrected chi connectivity index (χ4v) is 2.06. The smallest absolute Gasteiger partial charge is 0.0499 e. The number of likely N-dealkylation sites (N-methyl/N-ethyl adjacent to an activating group) is 1. The van der Waals surface area contributed by atoms with E-state index in [-0.39, 0.29) is 5.41 Å². The monoisotopic (exact) mass is 220 g/mol. The fourth-order valence-electron chi connectivity index (χ4n) is 2.06. The van der Waals surface area contributed by atoms with E-state index in [4.69, 9.17) is 0 Å². The van der Waals surface area contributed by atoms with Crippen molar-refractivity contribution in [2.24, 2.45) is 5.41 Å². The highest BCUT2D eigenvalue weighted by Gasteiger charge is 2.42. The van der Waals surface area contributed by atoms with E-state index in [2.05, 4.69) is 29.1 Å². The minimum Gasteiger partial charge on any atom is -0.396 e. The van der Waals surface area contributed by atoms with E-state index in [1.807, 2.05) is 12.4 Å². The molecule has 88 valence electrons. The van der Waals surface area contributed by atoms with E-state index in [0.29, 0.717) is 6.61 Å². The molecule has 0 saturated heterocycles. The lowest BCUT2D eigenvalue weighted by molar-refractivity contribution is 0.165. The highest BCUT2D eigenvalue weighted by molar-refractivity contribution is 5.10. The van der Waals surface area contributed by atoms with Gasteiger partial charge in [0.25, 0.3) is 0 Å². The lowest BCUT2D eigenvalue weighted by Gasteiger charge is -2.22. The first-order valence-electron chi connectivity index (χ1n) is 5.92. The Morgan fingerprint density at radius 2 is 2.06 bits per heavy atom. The quantitative estimate of drug-likeness (QED) is 0.785. The summed E-state index contributed by atoms with van der Waals surface area (Å²) in [7, 11) is 2.14. The second-order valence-corrected chi connectivity index (χ2v) is 5.00. The van der Waals surface area contributed by atoms with Crippen LogP contribution in [-0.2, 0) is 6.42 Å². The summed E-state index contributed by atoms with van der Waals surface area (Å²) in [5.41, 5.74) is 1.56. The number of nitrogens with zero attached hydrogens (tertiary/aromatic N) is 2. The first kappa shape index (κ1) is 11.6. The Morgan fingerprint density at radius 1 is 1.38 bits per heavy atom. The van der Waals surface area contributed by atoms with Crippen LogP contribution in [0.4, 0.5) is 0 Å². The second kappa shape index (κ2) is 4.93. The average Bonchev–Trinajstić information content (AvgIpc) is 3.08. The first-order valence-corrected chi connectivity index (χ1v) is 5.92. The summed E-state index contributed by atoms with van der Waals surface area (Å²) >= 11 is 0. The third-order valence-corrected chi connectivity index (χ3v) is 3.43. The zero-order valence-corrected chi connectivity index (χ0v) is 9.89. The number of hydrogen-bond donors (Lipinski definition) is 1. The van der Waals surface area contributed by atoms with E-state index in [0.717, 1.165) is 19.5 Å². The maximum absolute atomic E-state index is 9.26. The molecule has 1 N–H and O–H groups in total. The van der Waals surface area contributed by atoms with E-state index < -0.39 is 0 Å². The number of hydrogen-bond acceptors (Lipinski definition) is 3. The molecule has 0 amide bonds. The molecule has 1 fully saturated rings. The van der Waals surface area contributed by atoms with Crippen molar-refractivity contribution < 1.29 is 5.11 Å². The number of aliphatic hydroxyl groups excluding tert-OH is 1. The average molecular weight is 220 g/mol. The Hall–Kier alpha value is -0.930. The van der Waals surface area contributed by atoms with Crippen molar-refractivity contribution in [1.29, 1.82) is 0 Å². The first-order chi connectivity index (χ1) is 7.74. The minimum absolute atomic E-state index is 0.229. The van der Waals surface area contributed by atoms with Gasteiger partial charge in [-0.1, -0.05) is 0 Å². The summed E-state index contributed by atoms with van der Waals surface area (Å²) in [5.74, 6) is 0. The van der Waals surface area contributed by atoms with Gasteiger partial charge in [-0.2, -0.15) is 0 Å². The van der Waals surface area contributed by atoms with Crippen molar-refractivity contribution in [1.82, 2.24) is 9.88 Å². The molecular formula is C13H20N2O. The van der Waals surface area contributed by atoms with Crippen molar-refractivity contribution >= 4 is 0 Å². The molecule has 0 atom stereocenters. The summed E-state index contributed by atoms with van der Waals surface area (Å²) in [6, 6.07) is 4.12. The van der Waals surface area contributed by atoms with Crippen LogP contribution in [0.2, 0.25) is 0 Å². The Labute approximate surface area is 97.1 Å². The molecule has 0 bridgehead atoms. The van der Waals surface area contributed by atoms with Gasteiger partial charge in [-0.15, -0.1) is 0 Å². The van der Waals surface area contributed by atoms with Gasteiger partial charge < -0.3 is 10.0 Å². The molecule has 1 aliphatic carbocycles. The number of aliphatic hydroxyl groups is 1. The van der Waals surface area contributed by atoms with E-state index in [1.54, 1.807) is 0 Å².